The summed E-state index contributed by atoms with van der Waals surface area (Å²) in [5.41, 5.74) is 0. The SMILES string of the molecule is OC[C@@H]1[C@@H](O)[C@H](O)[C@@H](O)CN1CC1CCC(C(F)(F)F)CC1. The Morgan fingerprint density at radius 1 is 0.955 bits per heavy atom. The highest BCUT2D eigenvalue weighted by Crippen LogP contribution is 2.40. The van der Waals surface area contributed by atoms with Gasteiger partial charge in [-0.3, -0.25) is 4.90 Å². The van der Waals surface area contributed by atoms with E-state index in [-0.39, 0.29) is 31.9 Å². The summed E-state index contributed by atoms with van der Waals surface area (Å²) >= 11 is 0. The zero-order chi connectivity index (χ0) is 16.5. The molecule has 0 amide bonds. The summed E-state index contributed by atoms with van der Waals surface area (Å²) in [4.78, 5) is 1.68. The van der Waals surface area contributed by atoms with Crippen molar-refractivity contribution in [3.05, 3.63) is 0 Å². The Labute approximate surface area is 127 Å². The van der Waals surface area contributed by atoms with Gasteiger partial charge in [-0.1, -0.05) is 0 Å². The Balaban J connectivity index is 1.90. The van der Waals surface area contributed by atoms with Gasteiger partial charge in [-0.2, -0.15) is 13.2 Å². The first kappa shape index (κ1) is 17.9. The number of halogens is 3. The van der Waals surface area contributed by atoms with Gasteiger partial charge in [-0.15, -0.1) is 0 Å². The van der Waals surface area contributed by atoms with Gasteiger partial charge in [-0.25, -0.2) is 0 Å². The van der Waals surface area contributed by atoms with Crippen molar-refractivity contribution in [2.45, 2.75) is 56.2 Å². The van der Waals surface area contributed by atoms with E-state index in [9.17, 15) is 33.6 Å². The molecule has 0 radical (unpaired) electrons. The Morgan fingerprint density at radius 2 is 1.55 bits per heavy atom. The zero-order valence-corrected chi connectivity index (χ0v) is 12.3. The topological polar surface area (TPSA) is 84.2 Å². The number of rotatable bonds is 3. The van der Waals surface area contributed by atoms with E-state index in [4.69, 9.17) is 0 Å². The van der Waals surface area contributed by atoms with Crippen LogP contribution in [-0.2, 0) is 0 Å². The molecule has 22 heavy (non-hydrogen) atoms. The summed E-state index contributed by atoms with van der Waals surface area (Å²) in [7, 11) is 0. The second-order valence-corrected chi connectivity index (χ2v) is 6.51. The van der Waals surface area contributed by atoms with Crippen LogP contribution in [0.15, 0.2) is 0 Å². The van der Waals surface area contributed by atoms with Gasteiger partial charge in [0.2, 0.25) is 0 Å². The number of alkyl halides is 3. The highest BCUT2D eigenvalue weighted by molar-refractivity contribution is 4.95. The number of β-amino-alcohol motifs (C(OH)–C–C–N with tert-alkyl or cyclic N) is 1. The quantitative estimate of drug-likeness (QED) is 0.592. The molecule has 1 heterocycles. The number of aliphatic hydroxyl groups excluding tert-OH is 4. The molecule has 1 aliphatic carbocycles. The van der Waals surface area contributed by atoms with E-state index >= 15 is 0 Å². The molecule has 2 fully saturated rings. The number of hydrogen-bond donors (Lipinski definition) is 4. The highest BCUT2D eigenvalue weighted by atomic mass is 19.4. The van der Waals surface area contributed by atoms with Crippen molar-refractivity contribution in [1.29, 1.82) is 0 Å². The molecule has 1 saturated heterocycles. The molecular weight excluding hydrogens is 303 g/mol. The smallest absolute Gasteiger partial charge is 0.391 e. The van der Waals surface area contributed by atoms with Crippen molar-refractivity contribution in [3.63, 3.8) is 0 Å². The van der Waals surface area contributed by atoms with E-state index in [2.05, 4.69) is 0 Å². The molecule has 1 saturated carbocycles. The molecule has 0 bridgehead atoms. The average Bonchev–Trinajstić information content (AvgIpc) is 2.45. The van der Waals surface area contributed by atoms with Crippen LogP contribution in [0.25, 0.3) is 0 Å². The van der Waals surface area contributed by atoms with Gasteiger partial charge in [0, 0.05) is 13.1 Å². The zero-order valence-electron chi connectivity index (χ0n) is 12.3. The molecule has 130 valence electrons. The molecule has 0 aromatic rings. The molecule has 0 spiro atoms. The third kappa shape index (κ3) is 3.91. The van der Waals surface area contributed by atoms with E-state index in [1.165, 1.54) is 0 Å². The molecule has 4 N–H and O–H groups in total. The normalized spacial score (nSPS) is 41.6. The Bertz CT molecular complexity index is 360. The summed E-state index contributed by atoms with van der Waals surface area (Å²) < 4.78 is 38.0. The van der Waals surface area contributed by atoms with Crippen LogP contribution in [0.3, 0.4) is 0 Å². The Morgan fingerprint density at radius 3 is 2.05 bits per heavy atom. The maximum absolute atomic E-state index is 12.7. The van der Waals surface area contributed by atoms with Gasteiger partial charge in [0.15, 0.2) is 0 Å². The minimum atomic E-state index is -4.14. The molecule has 0 aromatic heterocycles. The van der Waals surface area contributed by atoms with E-state index in [0.29, 0.717) is 19.4 Å². The number of aliphatic hydroxyl groups is 4. The van der Waals surface area contributed by atoms with Gasteiger partial charge in [0.05, 0.1) is 24.7 Å². The van der Waals surface area contributed by atoms with E-state index < -0.39 is 36.4 Å². The number of piperidine rings is 1. The fourth-order valence-electron chi connectivity index (χ4n) is 3.59. The lowest BCUT2D eigenvalue weighted by atomic mass is 9.80. The number of nitrogens with zero attached hydrogens (tertiary/aromatic N) is 1. The minimum Gasteiger partial charge on any atom is -0.395 e. The van der Waals surface area contributed by atoms with Crippen LogP contribution in [0.4, 0.5) is 13.2 Å². The van der Waals surface area contributed by atoms with Crippen LogP contribution in [0.1, 0.15) is 25.7 Å². The van der Waals surface area contributed by atoms with Crippen molar-refractivity contribution < 1.29 is 33.6 Å². The number of hydrogen-bond acceptors (Lipinski definition) is 5. The summed E-state index contributed by atoms with van der Waals surface area (Å²) in [6, 6.07) is -0.696. The maximum atomic E-state index is 12.7. The third-order valence-electron chi connectivity index (χ3n) is 5.02. The molecule has 8 heteroatoms. The summed E-state index contributed by atoms with van der Waals surface area (Å²) in [6.45, 7) is 0.141. The molecular formula is C14H24F3NO4. The summed E-state index contributed by atoms with van der Waals surface area (Å²) in [6.07, 6.45) is -6.76. The van der Waals surface area contributed by atoms with Crippen LogP contribution in [0.2, 0.25) is 0 Å². The summed E-state index contributed by atoms with van der Waals surface area (Å²) in [5, 5.41) is 38.6. The van der Waals surface area contributed by atoms with Crippen LogP contribution in [0.5, 0.6) is 0 Å². The molecule has 0 aromatic carbocycles. The predicted molar refractivity (Wildman–Crippen MR) is 72.0 cm³/mol. The molecule has 2 rings (SSSR count). The van der Waals surface area contributed by atoms with Crippen LogP contribution >= 0.6 is 0 Å². The first-order valence-electron chi connectivity index (χ1n) is 7.69. The molecule has 2 aliphatic rings. The standard InChI is InChI=1S/C14H24F3NO4/c15-14(16,17)9-3-1-8(2-4-9)5-18-6-11(20)13(22)12(21)10(18)7-19/h8-13,19-22H,1-7H2/t8?,9?,10-,11+,12-,13-/m1/s1. The second-order valence-electron chi connectivity index (χ2n) is 6.51. The van der Waals surface area contributed by atoms with Gasteiger partial charge >= 0.3 is 6.18 Å². The number of likely N-dealkylation sites (tertiary alicyclic amines) is 1. The van der Waals surface area contributed by atoms with E-state index in [0.717, 1.165) is 0 Å². The van der Waals surface area contributed by atoms with Crippen molar-refractivity contribution >= 4 is 0 Å². The van der Waals surface area contributed by atoms with Crippen molar-refractivity contribution in [3.8, 4) is 0 Å². The largest absolute Gasteiger partial charge is 0.395 e. The Kier molecular flexibility index (Phi) is 5.71. The fourth-order valence-corrected chi connectivity index (χ4v) is 3.59. The third-order valence-corrected chi connectivity index (χ3v) is 5.02. The van der Waals surface area contributed by atoms with Crippen LogP contribution < -0.4 is 0 Å². The van der Waals surface area contributed by atoms with Crippen molar-refractivity contribution in [2.24, 2.45) is 11.8 Å². The lowest BCUT2D eigenvalue weighted by Crippen LogP contribution is -2.63. The molecule has 4 atom stereocenters. The van der Waals surface area contributed by atoms with Crippen LogP contribution in [-0.4, -0.2) is 75.6 Å². The molecule has 5 nitrogen and oxygen atoms in total. The average molecular weight is 327 g/mol. The maximum Gasteiger partial charge on any atom is 0.391 e. The lowest BCUT2D eigenvalue weighted by Gasteiger charge is -2.45. The monoisotopic (exact) mass is 327 g/mol. The van der Waals surface area contributed by atoms with E-state index in [1.807, 2.05) is 0 Å². The van der Waals surface area contributed by atoms with Crippen LogP contribution in [0, 0.1) is 11.8 Å². The fraction of sp³-hybridized carbons (Fsp3) is 1.00. The van der Waals surface area contributed by atoms with Crippen molar-refractivity contribution in [1.82, 2.24) is 4.90 Å². The van der Waals surface area contributed by atoms with E-state index in [1.54, 1.807) is 4.90 Å². The van der Waals surface area contributed by atoms with Gasteiger partial charge in [0.1, 0.15) is 12.2 Å². The molecule has 1 aliphatic heterocycles. The highest BCUT2D eigenvalue weighted by Gasteiger charge is 2.44. The van der Waals surface area contributed by atoms with Gasteiger partial charge in [-0.05, 0) is 31.6 Å². The Hall–Kier alpha value is -0.410. The second kappa shape index (κ2) is 7.00. The minimum absolute atomic E-state index is 0.0438. The van der Waals surface area contributed by atoms with Gasteiger partial charge in [0.25, 0.3) is 0 Å². The lowest BCUT2D eigenvalue weighted by molar-refractivity contribution is -0.185. The van der Waals surface area contributed by atoms with Gasteiger partial charge < -0.3 is 20.4 Å². The molecule has 0 unspecified atom stereocenters. The first-order valence-corrected chi connectivity index (χ1v) is 7.69. The predicted octanol–water partition coefficient (Wildman–Crippen LogP) is 0.114. The van der Waals surface area contributed by atoms with Crippen molar-refractivity contribution in [2.75, 3.05) is 19.7 Å². The summed E-state index contributed by atoms with van der Waals surface area (Å²) in [5.74, 6) is -1.20. The first-order chi connectivity index (χ1) is 10.2.